The first-order valence-corrected chi connectivity index (χ1v) is 12.3. The van der Waals surface area contributed by atoms with Gasteiger partial charge < -0.3 is 9.47 Å². The number of benzene rings is 3. The maximum Gasteiger partial charge on any atom is 0.322 e. The number of rotatable bonds is 10. The molecule has 0 amide bonds. The molecule has 4 rings (SSSR count). The zero-order valence-corrected chi connectivity index (χ0v) is 20.8. The summed E-state index contributed by atoms with van der Waals surface area (Å²) in [6.07, 6.45) is 0.0873. The molecule has 0 heterocycles. The molecule has 0 spiro atoms. The summed E-state index contributed by atoms with van der Waals surface area (Å²) in [5.74, 6) is -2.53. The van der Waals surface area contributed by atoms with Gasteiger partial charge >= 0.3 is 11.9 Å². The second-order valence-corrected chi connectivity index (χ2v) is 8.79. The number of ketones is 1. The summed E-state index contributed by atoms with van der Waals surface area (Å²) in [5.41, 5.74) is 4.12. The monoisotopic (exact) mass is 485 g/mol. The Kier molecular flexibility index (Phi) is 7.65. The van der Waals surface area contributed by atoms with Crippen molar-refractivity contribution in [2.75, 3.05) is 13.7 Å². The van der Waals surface area contributed by atoms with E-state index in [0.29, 0.717) is 0 Å². The minimum atomic E-state index is -1.08. The Bertz CT molecular complexity index is 1210. The molecule has 0 aromatic heterocycles. The molecule has 0 bridgehead atoms. The second-order valence-electron chi connectivity index (χ2n) is 8.79. The third-order valence-corrected chi connectivity index (χ3v) is 6.82. The number of ether oxygens (including phenoxy) is 2. The number of Topliss-reactive ketones (excluding diaryl/α,β-unsaturated/α-hetero) is 1. The summed E-state index contributed by atoms with van der Waals surface area (Å²) in [7, 11) is 1.31. The molecule has 186 valence electrons. The number of methoxy groups -OCH3 is 1. The van der Waals surface area contributed by atoms with Crippen molar-refractivity contribution in [3.05, 3.63) is 95.6 Å². The average molecular weight is 486 g/mol. The number of hydrogen-bond acceptors (Lipinski definition) is 6. The highest BCUT2D eigenvalue weighted by atomic mass is 16.5. The number of carbonyl (C=O) groups excluding carboxylic acids is 3. The largest absolute Gasteiger partial charge is 0.468 e. The van der Waals surface area contributed by atoms with Crippen molar-refractivity contribution in [3.63, 3.8) is 0 Å². The molecule has 0 saturated carbocycles. The van der Waals surface area contributed by atoms with Gasteiger partial charge in [-0.05, 0) is 41.2 Å². The first-order chi connectivity index (χ1) is 17.5. The van der Waals surface area contributed by atoms with Gasteiger partial charge in [-0.1, -0.05) is 85.8 Å². The van der Waals surface area contributed by atoms with Crippen molar-refractivity contribution < 1.29 is 23.9 Å². The molecule has 0 fully saturated rings. The summed E-state index contributed by atoms with van der Waals surface area (Å²) in [6.45, 7) is 3.54. The number of carbonyl (C=O) groups is 3. The number of hydrogen-bond donors (Lipinski definition) is 1. The minimum Gasteiger partial charge on any atom is -0.468 e. The van der Waals surface area contributed by atoms with Crippen LogP contribution in [0.1, 0.15) is 43.4 Å². The minimum absolute atomic E-state index is 0.0723. The molecular weight excluding hydrogens is 454 g/mol. The van der Waals surface area contributed by atoms with Crippen LogP contribution in [0.2, 0.25) is 0 Å². The molecule has 0 aliphatic heterocycles. The van der Waals surface area contributed by atoms with E-state index in [4.69, 9.17) is 9.47 Å². The molecule has 1 aliphatic carbocycles. The Morgan fingerprint density at radius 3 is 1.89 bits per heavy atom. The van der Waals surface area contributed by atoms with E-state index in [2.05, 4.69) is 17.4 Å². The normalized spacial score (nSPS) is 14.8. The maximum atomic E-state index is 13.2. The van der Waals surface area contributed by atoms with Gasteiger partial charge in [0.1, 0.15) is 17.7 Å². The van der Waals surface area contributed by atoms with Gasteiger partial charge in [-0.3, -0.25) is 19.7 Å². The van der Waals surface area contributed by atoms with Crippen LogP contribution in [-0.2, 0) is 29.4 Å². The molecule has 6 nitrogen and oxygen atoms in total. The Labute approximate surface area is 211 Å². The van der Waals surface area contributed by atoms with E-state index in [9.17, 15) is 14.4 Å². The predicted molar refractivity (Wildman–Crippen MR) is 137 cm³/mol. The van der Waals surface area contributed by atoms with E-state index in [0.717, 1.165) is 27.8 Å². The summed E-state index contributed by atoms with van der Waals surface area (Å²) in [5, 5.41) is 3.58. The van der Waals surface area contributed by atoms with Crippen LogP contribution in [0.4, 0.5) is 0 Å². The van der Waals surface area contributed by atoms with Gasteiger partial charge in [-0.25, -0.2) is 0 Å². The molecule has 36 heavy (non-hydrogen) atoms. The van der Waals surface area contributed by atoms with Crippen molar-refractivity contribution >= 4 is 17.7 Å². The van der Waals surface area contributed by atoms with Crippen LogP contribution in [0.15, 0.2) is 78.9 Å². The average Bonchev–Trinajstić information content (AvgIpc) is 3.21. The molecule has 6 heteroatoms. The zero-order chi connectivity index (χ0) is 25.7. The van der Waals surface area contributed by atoms with E-state index < -0.39 is 29.4 Å². The van der Waals surface area contributed by atoms with Crippen LogP contribution < -0.4 is 5.32 Å². The highest BCUT2D eigenvalue weighted by molar-refractivity contribution is 5.99. The fourth-order valence-electron chi connectivity index (χ4n) is 5.17. The summed E-state index contributed by atoms with van der Waals surface area (Å²) in [4.78, 5) is 38.7. The van der Waals surface area contributed by atoms with Gasteiger partial charge in [0, 0.05) is 6.42 Å². The molecule has 2 atom stereocenters. The highest BCUT2D eigenvalue weighted by Crippen LogP contribution is 2.51. The fraction of sp³-hybridized carbons (Fsp3) is 0.300. The van der Waals surface area contributed by atoms with Crippen LogP contribution in [0.5, 0.6) is 0 Å². The van der Waals surface area contributed by atoms with Gasteiger partial charge in [0.15, 0.2) is 0 Å². The van der Waals surface area contributed by atoms with Gasteiger partial charge in [0.2, 0.25) is 0 Å². The summed E-state index contributed by atoms with van der Waals surface area (Å²) in [6, 6.07) is 25.1. The van der Waals surface area contributed by atoms with Gasteiger partial charge in [0.05, 0.1) is 19.3 Å². The highest BCUT2D eigenvalue weighted by Gasteiger charge is 2.47. The molecule has 1 N–H and O–H groups in total. The molecule has 0 saturated heterocycles. The Balaban J connectivity index is 1.89. The molecular formula is C30H31NO5. The van der Waals surface area contributed by atoms with E-state index >= 15 is 0 Å². The molecule has 3 aromatic carbocycles. The Morgan fingerprint density at radius 1 is 0.806 bits per heavy atom. The third-order valence-electron chi connectivity index (χ3n) is 6.82. The molecule has 3 aromatic rings. The smallest absolute Gasteiger partial charge is 0.322 e. The maximum absolute atomic E-state index is 13.2. The lowest BCUT2D eigenvalue weighted by Gasteiger charge is -2.37. The zero-order valence-electron chi connectivity index (χ0n) is 20.8. The third kappa shape index (κ3) is 4.44. The van der Waals surface area contributed by atoms with E-state index in [-0.39, 0.29) is 25.2 Å². The predicted octanol–water partition coefficient (Wildman–Crippen LogP) is 4.64. The van der Waals surface area contributed by atoms with Crippen LogP contribution >= 0.6 is 0 Å². The van der Waals surface area contributed by atoms with Crippen molar-refractivity contribution in [2.45, 2.75) is 38.3 Å². The Hall–Kier alpha value is -3.77. The van der Waals surface area contributed by atoms with Gasteiger partial charge in [0.25, 0.3) is 0 Å². The van der Waals surface area contributed by atoms with Crippen LogP contribution in [0.25, 0.3) is 11.1 Å². The molecule has 0 radical (unpaired) electrons. The standard InChI is InChI=1S/C30H31NO5/c1-4-27(32)23(28(33)36-5-2)19-26(29(34)35-3)31-30(20-13-7-6-8-14-20)24-17-11-9-15-21(24)22-16-10-12-18-25(22)30/h6-18,23,26,31H,4-5,19H2,1-3H3/t23?,26-/m1/s1. The van der Waals surface area contributed by atoms with Crippen LogP contribution in [0.3, 0.4) is 0 Å². The number of nitrogens with one attached hydrogen (secondary N) is 1. The Morgan fingerprint density at radius 2 is 1.36 bits per heavy atom. The van der Waals surface area contributed by atoms with Crippen molar-refractivity contribution in [1.82, 2.24) is 5.32 Å². The van der Waals surface area contributed by atoms with Crippen LogP contribution in [0, 0.1) is 5.92 Å². The number of esters is 2. The lowest BCUT2D eigenvalue weighted by molar-refractivity contribution is -0.153. The first-order valence-electron chi connectivity index (χ1n) is 12.3. The SMILES string of the molecule is CCOC(=O)C(C[C@@H](NC1(c2ccccc2)c2ccccc2-c2ccccc21)C(=O)OC)C(=O)CC. The summed E-state index contributed by atoms with van der Waals surface area (Å²) >= 11 is 0. The van der Waals surface area contributed by atoms with E-state index in [1.807, 2.05) is 66.7 Å². The molecule has 1 aliphatic rings. The van der Waals surface area contributed by atoms with E-state index in [1.54, 1.807) is 13.8 Å². The lowest BCUT2D eigenvalue weighted by atomic mass is 9.79. The number of fused-ring (bicyclic) bond motifs is 3. The van der Waals surface area contributed by atoms with Gasteiger partial charge in [-0.2, -0.15) is 0 Å². The molecule has 1 unspecified atom stereocenters. The fourth-order valence-corrected chi connectivity index (χ4v) is 5.17. The quantitative estimate of drug-likeness (QED) is 0.333. The summed E-state index contributed by atoms with van der Waals surface area (Å²) < 4.78 is 10.4. The van der Waals surface area contributed by atoms with Crippen molar-refractivity contribution in [1.29, 1.82) is 0 Å². The van der Waals surface area contributed by atoms with Crippen LogP contribution in [-0.4, -0.2) is 37.5 Å². The first kappa shape index (κ1) is 25.3. The van der Waals surface area contributed by atoms with Crippen molar-refractivity contribution in [2.24, 2.45) is 5.92 Å². The van der Waals surface area contributed by atoms with Gasteiger partial charge in [-0.15, -0.1) is 0 Å². The van der Waals surface area contributed by atoms with E-state index in [1.165, 1.54) is 7.11 Å². The lowest BCUT2D eigenvalue weighted by Crippen LogP contribution is -2.53. The topological polar surface area (TPSA) is 81.7 Å². The van der Waals surface area contributed by atoms with Crippen molar-refractivity contribution in [3.8, 4) is 11.1 Å². The second kappa shape index (κ2) is 10.9.